The number of halogens is 1. The second-order valence-electron chi connectivity index (χ2n) is 4.98. The molecule has 0 fully saturated rings. The van der Waals surface area contributed by atoms with Crippen molar-refractivity contribution in [1.29, 1.82) is 0 Å². The molecule has 0 bridgehead atoms. The number of H-pyrrole nitrogens is 1. The molecule has 1 heterocycles. The number of rotatable bonds is 4. The van der Waals surface area contributed by atoms with Crippen molar-refractivity contribution in [2.75, 3.05) is 6.61 Å². The van der Waals surface area contributed by atoms with Crippen LogP contribution in [0.3, 0.4) is 0 Å². The van der Waals surface area contributed by atoms with Gasteiger partial charge in [-0.05, 0) is 36.6 Å². The van der Waals surface area contributed by atoms with Crippen LogP contribution in [-0.4, -0.2) is 17.7 Å². The molecule has 108 valence electrons. The molecular formula is C15H19ClN2O2. The third-order valence-electron chi connectivity index (χ3n) is 3.11. The molecule has 1 aromatic carbocycles. The van der Waals surface area contributed by atoms with Gasteiger partial charge in [0.25, 0.3) is 0 Å². The molecule has 20 heavy (non-hydrogen) atoms. The molecule has 0 aliphatic rings. The van der Waals surface area contributed by atoms with E-state index in [0.717, 1.165) is 27.2 Å². The molecule has 0 saturated carbocycles. The Kier molecular flexibility index (Phi) is 4.55. The Morgan fingerprint density at radius 3 is 2.80 bits per heavy atom. The van der Waals surface area contributed by atoms with Gasteiger partial charge in [0.1, 0.15) is 0 Å². The molecule has 0 spiro atoms. The van der Waals surface area contributed by atoms with Crippen molar-refractivity contribution in [3.05, 3.63) is 34.5 Å². The normalized spacial score (nSPS) is 11.1. The third-order valence-corrected chi connectivity index (χ3v) is 3.44. The van der Waals surface area contributed by atoms with Gasteiger partial charge < -0.3 is 15.0 Å². The highest BCUT2D eigenvalue weighted by molar-refractivity contribution is 6.32. The lowest BCUT2D eigenvalue weighted by molar-refractivity contribution is 0.151. The summed E-state index contributed by atoms with van der Waals surface area (Å²) < 4.78 is 4.82. The summed E-state index contributed by atoms with van der Waals surface area (Å²) in [7, 11) is 0. The van der Waals surface area contributed by atoms with Gasteiger partial charge in [-0.25, -0.2) is 4.79 Å². The smallest absolute Gasteiger partial charge is 0.407 e. The Hall–Kier alpha value is -1.68. The van der Waals surface area contributed by atoms with E-state index in [1.54, 1.807) is 6.92 Å². The van der Waals surface area contributed by atoms with Gasteiger partial charge in [-0.1, -0.05) is 25.4 Å². The number of benzene rings is 1. The number of aromatic nitrogens is 1. The number of alkyl carbamates (subject to hydrolysis) is 1. The van der Waals surface area contributed by atoms with Crippen LogP contribution in [0.15, 0.2) is 18.2 Å². The molecule has 1 aromatic heterocycles. The predicted molar refractivity (Wildman–Crippen MR) is 81.3 cm³/mol. The second kappa shape index (κ2) is 6.18. The maximum absolute atomic E-state index is 11.3. The number of hydrogen-bond donors (Lipinski definition) is 2. The minimum absolute atomic E-state index is 0.367. The van der Waals surface area contributed by atoms with Crippen molar-refractivity contribution in [3.63, 3.8) is 0 Å². The van der Waals surface area contributed by atoms with E-state index in [4.69, 9.17) is 16.3 Å². The lowest BCUT2D eigenvalue weighted by Crippen LogP contribution is -2.23. The monoisotopic (exact) mass is 294 g/mol. The van der Waals surface area contributed by atoms with Crippen LogP contribution in [0.5, 0.6) is 0 Å². The minimum atomic E-state index is -0.410. The first-order valence-corrected chi connectivity index (χ1v) is 7.10. The summed E-state index contributed by atoms with van der Waals surface area (Å²) in [6, 6.07) is 6.00. The molecular weight excluding hydrogens is 276 g/mol. The van der Waals surface area contributed by atoms with Crippen molar-refractivity contribution in [2.24, 2.45) is 0 Å². The number of aromatic amines is 1. The highest BCUT2D eigenvalue weighted by Crippen LogP contribution is 2.29. The summed E-state index contributed by atoms with van der Waals surface area (Å²) in [6.45, 7) is 6.77. The zero-order valence-corrected chi connectivity index (χ0v) is 12.7. The predicted octanol–water partition coefficient (Wildman–Crippen LogP) is 4.19. The average Bonchev–Trinajstić information content (AvgIpc) is 2.77. The van der Waals surface area contributed by atoms with E-state index in [9.17, 15) is 4.79 Å². The van der Waals surface area contributed by atoms with E-state index in [0.29, 0.717) is 19.1 Å². The van der Waals surface area contributed by atoms with Crippen LogP contribution >= 0.6 is 11.6 Å². The maximum atomic E-state index is 11.3. The molecule has 0 saturated heterocycles. The van der Waals surface area contributed by atoms with Crippen LogP contribution in [0.2, 0.25) is 5.02 Å². The first-order valence-electron chi connectivity index (χ1n) is 6.73. The summed E-state index contributed by atoms with van der Waals surface area (Å²) in [5.74, 6) is 0.372. The Morgan fingerprint density at radius 1 is 1.40 bits per heavy atom. The lowest BCUT2D eigenvalue weighted by atomic mass is 10.0. The summed E-state index contributed by atoms with van der Waals surface area (Å²) in [5, 5.41) is 4.50. The summed E-state index contributed by atoms with van der Waals surface area (Å²) >= 11 is 6.27. The highest BCUT2D eigenvalue weighted by Gasteiger charge is 2.10. The molecule has 0 aliphatic heterocycles. The van der Waals surface area contributed by atoms with E-state index in [2.05, 4.69) is 30.2 Å². The molecule has 0 radical (unpaired) electrons. The largest absolute Gasteiger partial charge is 0.450 e. The Labute approximate surface area is 123 Å². The SMILES string of the molecule is CCOC(=O)NCc1cc2cc(Cl)c(C(C)C)cc2[nH]1. The van der Waals surface area contributed by atoms with Crippen molar-refractivity contribution < 1.29 is 9.53 Å². The van der Waals surface area contributed by atoms with Gasteiger partial charge in [-0.15, -0.1) is 0 Å². The van der Waals surface area contributed by atoms with Crippen LogP contribution in [0.25, 0.3) is 10.9 Å². The first-order chi connectivity index (χ1) is 9.51. The number of carbonyl (C=O) groups is 1. The quantitative estimate of drug-likeness (QED) is 0.888. The Balaban J connectivity index is 2.19. The number of fused-ring (bicyclic) bond motifs is 1. The summed E-state index contributed by atoms with van der Waals surface area (Å²) in [5.41, 5.74) is 3.06. The van der Waals surface area contributed by atoms with E-state index in [-0.39, 0.29) is 0 Å². The molecule has 0 unspecified atom stereocenters. The van der Waals surface area contributed by atoms with Crippen LogP contribution < -0.4 is 5.32 Å². The third kappa shape index (κ3) is 3.25. The molecule has 2 N–H and O–H groups in total. The lowest BCUT2D eigenvalue weighted by Gasteiger charge is -2.07. The number of ether oxygens (including phenoxy) is 1. The molecule has 2 aromatic rings. The van der Waals surface area contributed by atoms with Gasteiger partial charge in [0.2, 0.25) is 0 Å². The van der Waals surface area contributed by atoms with Gasteiger partial charge in [0.15, 0.2) is 0 Å². The minimum Gasteiger partial charge on any atom is -0.450 e. The molecule has 2 rings (SSSR count). The van der Waals surface area contributed by atoms with Crippen LogP contribution in [0.4, 0.5) is 4.79 Å². The van der Waals surface area contributed by atoms with Gasteiger partial charge >= 0.3 is 6.09 Å². The van der Waals surface area contributed by atoms with E-state index in [1.165, 1.54) is 0 Å². The topological polar surface area (TPSA) is 54.1 Å². The first kappa shape index (κ1) is 14.7. The molecule has 1 amide bonds. The molecule has 5 heteroatoms. The average molecular weight is 295 g/mol. The van der Waals surface area contributed by atoms with Crippen molar-refractivity contribution in [3.8, 4) is 0 Å². The number of carbonyl (C=O) groups excluding carboxylic acids is 1. The fourth-order valence-electron chi connectivity index (χ4n) is 2.12. The van der Waals surface area contributed by atoms with Gasteiger partial charge in [0, 0.05) is 21.6 Å². The highest BCUT2D eigenvalue weighted by atomic mass is 35.5. The summed E-state index contributed by atoms with van der Waals surface area (Å²) in [4.78, 5) is 14.5. The van der Waals surface area contributed by atoms with E-state index < -0.39 is 6.09 Å². The fraction of sp³-hybridized carbons (Fsp3) is 0.400. The number of amides is 1. The zero-order chi connectivity index (χ0) is 14.7. The van der Waals surface area contributed by atoms with Gasteiger partial charge in [-0.3, -0.25) is 0 Å². The maximum Gasteiger partial charge on any atom is 0.407 e. The fourth-order valence-corrected chi connectivity index (χ4v) is 2.51. The van der Waals surface area contributed by atoms with E-state index in [1.807, 2.05) is 12.1 Å². The standard InChI is InChI=1S/C15H19ClN2O2/c1-4-20-15(19)17-8-11-5-10-6-13(16)12(9(2)3)7-14(10)18-11/h5-7,9,18H,4,8H2,1-3H3,(H,17,19). The van der Waals surface area contributed by atoms with Crippen molar-refractivity contribution >= 4 is 28.6 Å². The van der Waals surface area contributed by atoms with Gasteiger partial charge in [-0.2, -0.15) is 0 Å². The van der Waals surface area contributed by atoms with Crippen molar-refractivity contribution in [2.45, 2.75) is 33.2 Å². The molecule has 4 nitrogen and oxygen atoms in total. The zero-order valence-electron chi connectivity index (χ0n) is 11.9. The molecule has 0 aliphatic carbocycles. The summed E-state index contributed by atoms with van der Waals surface area (Å²) in [6.07, 6.45) is -0.410. The van der Waals surface area contributed by atoms with E-state index >= 15 is 0 Å². The molecule has 0 atom stereocenters. The second-order valence-corrected chi connectivity index (χ2v) is 5.39. The van der Waals surface area contributed by atoms with Gasteiger partial charge in [0.05, 0.1) is 13.2 Å². The Morgan fingerprint density at radius 2 is 2.15 bits per heavy atom. The number of nitrogens with one attached hydrogen (secondary N) is 2. The van der Waals surface area contributed by atoms with Crippen LogP contribution in [-0.2, 0) is 11.3 Å². The van der Waals surface area contributed by atoms with Crippen molar-refractivity contribution in [1.82, 2.24) is 10.3 Å². The van der Waals surface area contributed by atoms with Crippen LogP contribution in [0, 0.1) is 0 Å². The number of hydrogen-bond acceptors (Lipinski definition) is 2. The van der Waals surface area contributed by atoms with Crippen LogP contribution in [0.1, 0.15) is 37.9 Å². The Bertz CT molecular complexity index is 620.